The first-order valence-electron chi connectivity index (χ1n) is 21.3. The van der Waals surface area contributed by atoms with Crippen molar-refractivity contribution in [1.82, 2.24) is 9.97 Å². The number of carbonyl (C=O) groups excluding carboxylic acids is 2. The molecule has 0 aliphatic carbocycles. The molecule has 2 amide bonds. The lowest BCUT2D eigenvalue weighted by Gasteiger charge is -2.04. The molecule has 0 fully saturated rings. The third kappa shape index (κ3) is 16.3. The van der Waals surface area contributed by atoms with Gasteiger partial charge in [0.05, 0.1) is 31.5 Å². The molecule has 0 aliphatic rings. The van der Waals surface area contributed by atoms with Gasteiger partial charge in [-0.1, -0.05) is 130 Å². The number of hydrogen-bond acceptors (Lipinski definition) is 14. The molecule has 21 heteroatoms. The zero-order valence-electron chi connectivity index (χ0n) is 38.9. The lowest BCUT2D eigenvalue weighted by molar-refractivity contribution is 0.102. The molecule has 0 unspecified atom stereocenters. The molecular weight excluding hydrogens is 1160 g/mol. The van der Waals surface area contributed by atoms with E-state index in [0.29, 0.717) is 65.6 Å². The van der Waals surface area contributed by atoms with E-state index in [1.165, 1.54) is 34.2 Å². The van der Waals surface area contributed by atoms with E-state index >= 15 is 0 Å². The summed E-state index contributed by atoms with van der Waals surface area (Å²) in [5.74, 6) is -0.310. The van der Waals surface area contributed by atoms with Crippen molar-refractivity contribution in [1.29, 1.82) is 0 Å². The maximum Gasteiger partial charge on any atom is 0.347 e. The zero-order valence-corrected chi connectivity index (χ0v) is 44.3. The van der Waals surface area contributed by atoms with Crippen LogP contribution in [0.25, 0.3) is 55.4 Å². The van der Waals surface area contributed by atoms with Crippen LogP contribution in [0.4, 0.5) is 22.5 Å². The average Bonchev–Trinajstić information content (AvgIpc) is 3.97. The van der Waals surface area contributed by atoms with Crippen LogP contribution in [0.1, 0.15) is 47.5 Å². The van der Waals surface area contributed by atoms with E-state index in [-0.39, 0.29) is 43.1 Å². The highest BCUT2D eigenvalue weighted by Gasteiger charge is 2.16. The Labute approximate surface area is 461 Å². The van der Waals surface area contributed by atoms with Crippen LogP contribution in [0.2, 0.25) is 15.1 Å². The summed E-state index contributed by atoms with van der Waals surface area (Å²) in [5, 5.41) is 6.39. The number of amides is 2. The van der Waals surface area contributed by atoms with Crippen LogP contribution in [0, 0.1) is 27.7 Å². The van der Waals surface area contributed by atoms with Gasteiger partial charge in [0, 0.05) is 26.3 Å². The number of Topliss-reactive ketones (excluding diaryl/α,β-unsaturated/α-hetero) is 1. The Kier molecular flexibility index (Phi) is 21.8. The highest BCUT2D eigenvalue weighted by molar-refractivity contribution is 9.10. The number of halogens is 5. The lowest BCUT2D eigenvalue weighted by atomic mass is 10.1. The van der Waals surface area contributed by atoms with Gasteiger partial charge < -0.3 is 44.6 Å². The number of ketones is 1. The summed E-state index contributed by atoms with van der Waals surface area (Å²) in [7, 11) is 0. The fraction of sp³-hybridized carbons (Fsp3) is 0.130. The minimum Gasteiger partial charge on any atom is -0.432 e. The van der Waals surface area contributed by atoms with Crippen LogP contribution in [-0.4, -0.2) is 27.1 Å². The first-order chi connectivity index (χ1) is 34.7. The molecule has 0 saturated carbocycles. The minimum absolute atomic E-state index is 0. The van der Waals surface area contributed by atoms with Crippen molar-refractivity contribution in [2.45, 2.75) is 42.5 Å². The number of carbonyl (C=O) groups is 2. The molecule has 0 atom stereocenters. The predicted molar refractivity (Wildman–Crippen MR) is 306 cm³/mol. The van der Waals surface area contributed by atoms with Crippen molar-refractivity contribution >= 4 is 129 Å². The molecule has 75 heavy (non-hydrogen) atoms. The molecule has 390 valence electrons. The summed E-state index contributed by atoms with van der Waals surface area (Å²) >= 11 is 24.3. The number of alkyl halides is 1. The Morgan fingerprint density at radius 1 is 0.587 bits per heavy atom. The van der Waals surface area contributed by atoms with E-state index in [9.17, 15) is 19.2 Å². The molecule has 5 aromatic heterocycles. The summed E-state index contributed by atoms with van der Waals surface area (Å²) in [6.07, 6.45) is 2.73. The van der Waals surface area contributed by atoms with Gasteiger partial charge in [-0.05, 0) is 111 Å². The van der Waals surface area contributed by atoms with Crippen molar-refractivity contribution in [2.24, 2.45) is 11.5 Å². The maximum absolute atomic E-state index is 12.3. The number of urea groups is 1. The van der Waals surface area contributed by atoms with Crippen molar-refractivity contribution < 1.29 is 31.7 Å². The molecule has 5 aromatic carbocycles. The van der Waals surface area contributed by atoms with Gasteiger partial charge in [-0.15, -0.1) is 0 Å². The summed E-state index contributed by atoms with van der Waals surface area (Å²) in [4.78, 5) is 64.3. The molecule has 10 rings (SSSR count). The van der Waals surface area contributed by atoms with E-state index in [1.54, 1.807) is 60.7 Å². The summed E-state index contributed by atoms with van der Waals surface area (Å²) in [6, 6.07) is 32.3. The number of benzene rings is 5. The second kappa shape index (κ2) is 27.2. The Hall–Kier alpha value is -7.48. The second-order valence-electron chi connectivity index (χ2n) is 15.7. The number of nitrogens with zero attached hydrogens (tertiary/aromatic N) is 2. The van der Waals surface area contributed by atoms with Crippen LogP contribution in [-0.2, 0) is 0 Å². The van der Waals surface area contributed by atoms with Gasteiger partial charge in [0.2, 0.25) is 0 Å². The number of nitrogen functional groups attached to an aromatic ring is 1. The molecule has 5 heterocycles. The highest BCUT2D eigenvalue weighted by atomic mass is 79.9. The van der Waals surface area contributed by atoms with Crippen molar-refractivity contribution in [3.8, 4) is 22.5 Å². The number of para-hydroxylation sites is 3. The van der Waals surface area contributed by atoms with Gasteiger partial charge >= 0.3 is 22.9 Å². The number of nitrogens with two attached hydrogens (primary N) is 3. The SMILES string of the molecule is C.C.Cc1cc(C)cc(Br)c1.Cc1cc(C)cc(Nc2nc(-c3cc4cccc(Cl)c4oc3=O)co2)c1.NC(N)=O.Nc1nc(-c2cc3cccc(Cl)c3oc2=O)co1.O=C(CBr)c1cc2cccc(Cl)c2oc1=O. The summed E-state index contributed by atoms with van der Waals surface area (Å²) < 4.78 is 27.0. The number of nitrogens with one attached hydrogen (secondary N) is 1. The standard InChI is InChI=1S/C20H15ClN2O3.C12H7ClN2O3.C11H6BrClO3.C8H9Br.CH4N2O.2CH4/c1-11-6-12(2)8-14(7-11)22-20-23-17(10-25-20)15-9-13-4-3-5-16(21)18(13)26-19(15)24;13-8-3-1-2-6-4-7(11(16)18-10(6)8)9-5-17-12(14)15-9;12-5-9(14)7-4-6-2-1-3-8(13)10(6)16-11(7)15;1-6-3-7(2)5-8(9)4-6;2-1(3)4;;/h3-10H,1-2H3,(H,22,23);1-5H,(H2,14,15);1-4H,5H2;3-5H,1-2H3;(H4,2,3,4);2*1H4. The monoisotopic (exact) mass is 1200 g/mol. The van der Waals surface area contributed by atoms with Gasteiger partial charge in [-0.3, -0.25) is 4.79 Å². The van der Waals surface area contributed by atoms with Gasteiger partial charge in [0.1, 0.15) is 29.5 Å². The molecule has 0 radical (unpaired) electrons. The van der Waals surface area contributed by atoms with Crippen molar-refractivity contribution in [3.63, 3.8) is 0 Å². The van der Waals surface area contributed by atoms with Gasteiger partial charge in [0.15, 0.2) is 22.5 Å². The molecule has 0 aliphatic heterocycles. The summed E-state index contributed by atoms with van der Waals surface area (Å²) in [6.45, 7) is 8.23. The Morgan fingerprint density at radius 3 is 1.40 bits per heavy atom. The van der Waals surface area contributed by atoms with Crippen molar-refractivity contribution in [3.05, 3.63) is 200 Å². The van der Waals surface area contributed by atoms with Crippen LogP contribution < -0.4 is 39.4 Å². The normalized spacial score (nSPS) is 10.2. The molecule has 7 N–H and O–H groups in total. The zero-order chi connectivity index (χ0) is 53.1. The predicted octanol–water partition coefficient (Wildman–Crippen LogP) is 14.5. The first-order valence-corrected chi connectivity index (χ1v) is 24.3. The van der Waals surface area contributed by atoms with Gasteiger partial charge in [0.25, 0.3) is 12.0 Å². The number of aromatic nitrogens is 2. The lowest BCUT2D eigenvalue weighted by Crippen LogP contribution is -2.18. The number of oxazole rings is 2. The van der Waals surface area contributed by atoms with Crippen LogP contribution in [0.5, 0.6) is 0 Å². The number of fused-ring (bicyclic) bond motifs is 3. The van der Waals surface area contributed by atoms with Crippen LogP contribution in [0.3, 0.4) is 0 Å². The third-order valence-electron chi connectivity index (χ3n) is 9.80. The quantitative estimate of drug-likeness (QED) is 0.0685. The van der Waals surface area contributed by atoms with E-state index in [1.807, 2.05) is 32.0 Å². The van der Waals surface area contributed by atoms with Crippen LogP contribution in [0.15, 0.2) is 163 Å². The highest BCUT2D eigenvalue weighted by Crippen LogP contribution is 2.29. The third-order valence-corrected chi connectivity index (χ3v) is 11.7. The fourth-order valence-corrected chi connectivity index (χ4v) is 8.59. The smallest absolute Gasteiger partial charge is 0.347 e. The van der Waals surface area contributed by atoms with Crippen LogP contribution >= 0.6 is 66.7 Å². The minimum atomic E-state index is -0.833. The maximum atomic E-state index is 12.3. The number of anilines is 3. The topological polar surface area (TPSA) is 267 Å². The number of rotatable bonds is 6. The molecule has 0 spiro atoms. The Balaban J connectivity index is 0.000000220. The Morgan fingerprint density at radius 2 is 0.987 bits per heavy atom. The summed E-state index contributed by atoms with van der Waals surface area (Å²) in [5.41, 5.74) is 20.3. The van der Waals surface area contributed by atoms with Crippen molar-refractivity contribution in [2.75, 3.05) is 16.4 Å². The number of hydrogen-bond donors (Lipinski definition) is 4. The largest absolute Gasteiger partial charge is 0.432 e. The number of primary amides is 2. The van der Waals surface area contributed by atoms with Gasteiger partial charge in [-0.25, -0.2) is 19.2 Å². The van der Waals surface area contributed by atoms with E-state index in [4.69, 9.17) is 67.4 Å². The Bertz CT molecular complexity index is 3760. The van der Waals surface area contributed by atoms with E-state index in [2.05, 4.69) is 96.7 Å². The molecular formula is C54H49Br2Cl3N6O10. The molecule has 16 nitrogen and oxygen atoms in total. The average molecular weight is 1210 g/mol. The second-order valence-corrected chi connectivity index (χ2v) is 18.4. The van der Waals surface area contributed by atoms with Gasteiger partial charge in [-0.2, -0.15) is 9.97 Å². The number of aryl methyl sites for hydroxylation is 4. The molecule has 10 aromatic rings. The first kappa shape index (κ1) is 60.1. The van der Waals surface area contributed by atoms with E-state index in [0.717, 1.165) is 22.2 Å². The fourth-order valence-electron chi connectivity index (χ4n) is 6.91. The molecule has 0 saturated heterocycles. The molecule has 0 bridgehead atoms. The van der Waals surface area contributed by atoms with E-state index < -0.39 is 22.9 Å².